The first-order valence-corrected chi connectivity index (χ1v) is 2.79. The zero-order chi connectivity index (χ0) is 7.07. The van der Waals surface area contributed by atoms with Crippen molar-refractivity contribution >= 4 is 0 Å². The highest BCUT2D eigenvalue weighted by molar-refractivity contribution is 5.00. The average molecular weight is 133 g/mol. The average Bonchev–Trinajstić information content (AvgIpc) is 1.59. The fourth-order valence-corrected chi connectivity index (χ4v) is 0.782. The highest BCUT2D eigenvalue weighted by Crippen LogP contribution is 2.28. The second-order valence-electron chi connectivity index (χ2n) is 2.45. The van der Waals surface area contributed by atoms with Crippen LogP contribution in [0.15, 0.2) is 12.3 Å². The van der Waals surface area contributed by atoms with Crippen LogP contribution in [0.3, 0.4) is 0 Å². The molecule has 1 rings (SSSR count). The van der Waals surface area contributed by atoms with Crippen LogP contribution in [0.2, 0.25) is 0 Å². The summed E-state index contributed by atoms with van der Waals surface area (Å²) in [6.07, 6.45) is 0. The minimum atomic E-state index is -2.46. The van der Waals surface area contributed by atoms with Crippen molar-refractivity contribution in [2.75, 3.05) is 13.1 Å². The second-order valence-corrected chi connectivity index (χ2v) is 2.45. The van der Waals surface area contributed by atoms with E-state index >= 15 is 0 Å². The van der Waals surface area contributed by atoms with Gasteiger partial charge in [0, 0.05) is 5.70 Å². The summed E-state index contributed by atoms with van der Waals surface area (Å²) in [4.78, 5) is 1.56. The predicted molar refractivity (Wildman–Crippen MR) is 31.3 cm³/mol. The molecule has 0 atom stereocenters. The van der Waals surface area contributed by atoms with Crippen LogP contribution in [0, 0.1) is 0 Å². The lowest BCUT2D eigenvalue weighted by molar-refractivity contribution is -0.115. The van der Waals surface area contributed by atoms with E-state index < -0.39 is 5.92 Å². The lowest BCUT2D eigenvalue weighted by atomic mass is 10.1. The fraction of sp³-hybridized carbons (Fsp3) is 0.667. The molecular weight excluding hydrogens is 124 g/mol. The van der Waals surface area contributed by atoms with Gasteiger partial charge >= 0.3 is 0 Å². The van der Waals surface area contributed by atoms with Gasteiger partial charge in [0.1, 0.15) is 0 Å². The molecule has 0 aromatic rings. The summed E-state index contributed by atoms with van der Waals surface area (Å²) >= 11 is 0. The second kappa shape index (κ2) is 1.69. The van der Waals surface area contributed by atoms with E-state index in [-0.39, 0.29) is 13.1 Å². The maximum absolute atomic E-state index is 12.1. The monoisotopic (exact) mass is 133 g/mol. The third-order valence-corrected chi connectivity index (χ3v) is 1.38. The SMILES string of the molecule is C=C(C)N1CC(F)(F)C1. The molecule has 3 heteroatoms. The Morgan fingerprint density at radius 3 is 2.11 bits per heavy atom. The molecule has 0 aromatic carbocycles. The Morgan fingerprint density at radius 2 is 2.00 bits per heavy atom. The van der Waals surface area contributed by atoms with Crippen molar-refractivity contribution in [2.24, 2.45) is 0 Å². The Morgan fingerprint density at radius 1 is 1.56 bits per heavy atom. The van der Waals surface area contributed by atoms with Crippen molar-refractivity contribution in [3.8, 4) is 0 Å². The molecule has 1 heterocycles. The topological polar surface area (TPSA) is 3.24 Å². The smallest absolute Gasteiger partial charge is 0.282 e. The molecule has 0 unspecified atom stereocenters. The number of rotatable bonds is 1. The molecule has 1 saturated heterocycles. The molecule has 0 spiro atoms. The molecule has 0 aliphatic carbocycles. The lowest BCUT2D eigenvalue weighted by Gasteiger charge is -2.40. The van der Waals surface area contributed by atoms with E-state index in [1.807, 2.05) is 0 Å². The van der Waals surface area contributed by atoms with Gasteiger partial charge in [-0.2, -0.15) is 0 Å². The first kappa shape index (κ1) is 6.52. The van der Waals surface area contributed by atoms with Crippen LogP contribution in [0.5, 0.6) is 0 Å². The molecule has 0 bridgehead atoms. The molecular formula is C6H9F2N. The maximum Gasteiger partial charge on any atom is 0.282 e. The number of hydrogen-bond donors (Lipinski definition) is 0. The van der Waals surface area contributed by atoms with Gasteiger partial charge in [0.2, 0.25) is 0 Å². The van der Waals surface area contributed by atoms with E-state index in [0.717, 1.165) is 5.70 Å². The first-order chi connectivity index (χ1) is 4.01. The van der Waals surface area contributed by atoms with E-state index in [1.54, 1.807) is 11.8 Å². The zero-order valence-electron chi connectivity index (χ0n) is 5.32. The highest BCUT2D eigenvalue weighted by atomic mass is 19.3. The molecule has 0 N–H and O–H groups in total. The number of likely N-dealkylation sites (tertiary alicyclic amines) is 1. The summed E-state index contributed by atoms with van der Waals surface area (Å²) in [6.45, 7) is 4.97. The third kappa shape index (κ3) is 1.20. The van der Waals surface area contributed by atoms with Crippen molar-refractivity contribution < 1.29 is 8.78 Å². The van der Waals surface area contributed by atoms with Crippen molar-refractivity contribution in [3.63, 3.8) is 0 Å². The molecule has 0 amide bonds. The van der Waals surface area contributed by atoms with E-state index in [9.17, 15) is 8.78 Å². The molecule has 0 saturated carbocycles. The summed E-state index contributed by atoms with van der Waals surface area (Å²) in [5, 5.41) is 0. The van der Waals surface area contributed by atoms with Crippen molar-refractivity contribution in [3.05, 3.63) is 12.3 Å². The molecule has 9 heavy (non-hydrogen) atoms. The fourth-order valence-electron chi connectivity index (χ4n) is 0.782. The first-order valence-electron chi connectivity index (χ1n) is 2.79. The summed E-state index contributed by atoms with van der Waals surface area (Å²) in [7, 11) is 0. The Labute approximate surface area is 53.0 Å². The molecule has 0 aromatic heterocycles. The molecule has 1 aliphatic rings. The highest BCUT2D eigenvalue weighted by Gasteiger charge is 2.43. The number of allylic oxidation sites excluding steroid dienone is 1. The Balaban J connectivity index is 2.35. The van der Waals surface area contributed by atoms with Gasteiger partial charge in [0.25, 0.3) is 5.92 Å². The number of halogens is 2. The van der Waals surface area contributed by atoms with E-state index in [2.05, 4.69) is 6.58 Å². The number of nitrogens with zero attached hydrogens (tertiary/aromatic N) is 1. The van der Waals surface area contributed by atoms with E-state index in [1.165, 1.54) is 0 Å². The van der Waals surface area contributed by atoms with E-state index in [4.69, 9.17) is 0 Å². The Hall–Kier alpha value is -0.600. The number of hydrogen-bond acceptors (Lipinski definition) is 1. The van der Waals surface area contributed by atoms with Crippen molar-refractivity contribution in [1.29, 1.82) is 0 Å². The summed E-state index contributed by atoms with van der Waals surface area (Å²) in [5.41, 5.74) is 0.723. The van der Waals surface area contributed by atoms with Gasteiger partial charge < -0.3 is 4.90 Å². The maximum atomic E-state index is 12.1. The Bertz CT molecular complexity index is 134. The molecule has 1 aliphatic heterocycles. The molecule has 1 nitrogen and oxygen atoms in total. The largest absolute Gasteiger partial charge is 0.363 e. The van der Waals surface area contributed by atoms with E-state index in [0.29, 0.717) is 0 Å². The summed E-state index contributed by atoms with van der Waals surface area (Å²) in [5.74, 6) is -2.46. The van der Waals surface area contributed by atoms with Crippen molar-refractivity contribution in [1.82, 2.24) is 4.90 Å². The van der Waals surface area contributed by atoms with Crippen LogP contribution in [0.4, 0.5) is 8.78 Å². The van der Waals surface area contributed by atoms with Gasteiger partial charge in [0.15, 0.2) is 0 Å². The van der Waals surface area contributed by atoms with Crippen LogP contribution in [0.25, 0.3) is 0 Å². The Kier molecular flexibility index (Phi) is 1.22. The van der Waals surface area contributed by atoms with Gasteiger partial charge in [-0.3, -0.25) is 0 Å². The quantitative estimate of drug-likeness (QED) is 0.523. The van der Waals surface area contributed by atoms with Crippen LogP contribution in [0.1, 0.15) is 6.92 Å². The molecule has 52 valence electrons. The minimum Gasteiger partial charge on any atom is -0.363 e. The number of alkyl halides is 2. The predicted octanol–water partition coefficient (Wildman–Crippen LogP) is 1.47. The third-order valence-electron chi connectivity index (χ3n) is 1.38. The van der Waals surface area contributed by atoms with Crippen molar-refractivity contribution in [2.45, 2.75) is 12.8 Å². The van der Waals surface area contributed by atoms with Gasteiger partial charge in [-0.1, -0.05) is 6.58 Å². The van der Waals surface area contributed by atoms with Crippen LogP contribution in [-0.4, -0.2) is 23.9 Å². The van der Waals surface area contributed by atoms with Gasteiger partial charge in [-0.25, -0.2) is 8.78 Å². The normalized spacial score (nSPS) is 23.2. The molecule has 0 radical (unpaired) electrons. The standard InChI is InChI=1S/C6H9F2N/c1-5(2)9-3-6(7,8)4-9/h1,3-4H2,2H3. The van der Waals surface area contributed by atoms with Crippen LogP contribution in [-0.2, 0) is 0 Å². The summed E-state index contributed by atoms with van der Waals surface area (Å²) < 4.78 is 24.1. The van der Waals surface area contributed by atoms with Gasteiger partial charge in [-0.15, -0.1) is 0 Å². The van der Waals surface area contributed by atoms with Gasteiger partial charge in [-0.05, 0) is 6.92 Å². The molecule has 1 fully saturated rings. The zero-order valence-corrected chi connectivity index (χ0v) is 5.32. The van der Waals surface area contributed by atoms with Crippen LogP contribution < -0.4 is 0 Å². The van der Waals surface area contributed by atoms with Crippen LogP contribution >= 0.6 is 0 Å². The van der Waals surface area contributed by atoms with Gasteiger partial charge in [0.05, 0.1) is 13.1 Å². The minimum absolute atomic E-state index is 0.150. The lowest BCUT2D eigenvalue weighted by Crippen LogP contribution is -2.54. The summed E-state index contributed by atoms with van der Waals surface area (Å²) in [6, 6.07) is 0.